The average molecular weight is 380 g/mol. The van der Waals surface area contributed by atoms with Gasteiger partial charge in [-0.05, 0) is 12.1 Å². The summed E-state index contributed by atoms with van der Waals surface area (Å²) >= 11 is 0. The minimum atomic E-state index is -0.212. The Morgan fingerprint density at radius 1 is 1.39 bits per heavy atom. The number of ether oxygens (including phenoxy) is 1. The van der Waals surface area contributed by atoms with Gasteiger partial charge in [0.15, 0.2) is 0 Å². The molecule has 146 valence electrons. The Labute approximate surface area is 163 Å². The summed E-state index contributed by atoms with van der Waals surface area (Å²) in [5.41, 5.74) is 2.23. The van der Waals surface area contributed by atoms with Gasteiger partial charge in [-0.3, -0.25) is 9.48 Å². The van der Waals surface area contributed by atoms with Gasteiger partial charge in [0.1, 0.15) is 11.6 Å². The first-order valence-electron chi connectivity index (χ1n) is 9.20. The predicted octanol–water partition coefficient (Wildman–Crippen LogP) is 2.32. The van der Waals surface area contributed by atoms with Crippen LogP contribution in [0.1, 0.15) is 20.3 Å². The number of carbonyl (C=O) groups is 1. The summed E-state index contributed by atoms with van der Waals surface area (Å²) in [6, 6.07) is 1.97. The molecule has 4 rings (SSSR count). The maximum absolute atomic E-state index is 12.0. The second-order valence-corrected chi connectivity index (χ2v) is 7.83. The lowest BCUT2D eigenvalue weighted by molar-refractivity contribution is -0.144. The zero-order chi connectivity index (χ0) is 20.1. The summed E-state index contributed by atoms with van der Waals surface area (Å²) in [6.07, 6.45) is 9.28. The number of aryl methyl sites for hydroxylation is 1. The van der Waals surface area contributed by atoms with Crippen LogP contribution in [0.25, 0.3) is 16.8 Å². The van der Waals surface area contributed by atoms with Crippen molar-refractivity contribution in [3.63, 3.8) is 0 Å². The number of hydrogen-bond donors (Lipinski definition) is 0. The van der Waals surface area contributed by atoms with E-state index in [9.17, 15) is 4.79 Å². The first-order chi connectivity index (χ1) is 13.3. The predicted molar refractivity (Wildman–Crippen MR) is 105 cm³/mol. The van der Waals surface area contributed by atoms with Crippen LogP contribution in [0.3, 0.4) is 0 Å². The number of likely N-dealkylation sites (N-methyl/N-ethyl adjacent to an activating group) is 1. The maximum Gasteiger partial charge on any atom is 0.245 e. The number of carbonyl (C=O) groups excluding carboxylic acids is 1. The molecule has 1 aliphatic rings. The summed E-state index contributed by atoms with van der Waals surface area (Å²) in [5.74, 6) is 0.458. The summed E-state index contributed by atoms with van der Waals surface area (Å²) < 4.78 is 9.84. The molecule has 3 heterocycles. The molecule has 1 fully saturated rings. The lowest BCUT2D eigenvalue weighted by Gasteiger charge is -2.54. The normalized spacial score (nSPS) is 20.6. The van der Waals surface area contributed by atoms with Crippen LogP contribution >= 0.6 is 0 Å². The standard InChI is InChI=1S/C20H24N6O2/c1-6-18(27)25(5)16-9-17(20(16,2)3)28-19-15-7-8-21-26(15)12-14(23-19)13-10-22-24(4)11-13/h6-8,10-12,16-17H,1,9H2,2-5H3/t16-,17?/m1/s1. The smallest absolute Gasteiger partial charge is 0.245 e. The summed E-state index contributed by atoms with van der Waals surface area (Å²) in [7, 11) is 3.68. The molecule has 3 aromatic rings. The second-order valence-electron chi connectivity index (χ2n) is 7.83. The van der Waals surface area contributed by atoms with E-state index in [4.69, 9.17) is 9.72 Å². The van der Waals surface area contributed by atoms with Crippen molar-refractivity contribution >= 4 is 11.4 Å². The van der Waals surface area contributed by atoms with E-state index in [2.05, 4.69) is 30.6 Å². The first-order valence-corrected chi connectivity index (χ1v) is 9.20. The van der Waals surface area contributed by atoms with Gasteiger partial charge < -0.3 is 9.64 Å². The molecule has 0 aliphatic heterocycles. The summed E-state index contributed by atoms with van der Waals surface area (Å²) in [5, 5.41) is 8.56. The van der Waals surface area contributed by atoms with E-state index >= 15 is 0 Å². The van der Waals surface area contributed by atoms with Crippen molar-refractivity contribution in [1.29, 1.82) is 0 Å². The first kappa shape index (κ1) is 18.2. The number of amides is 1. The molecule has 0 radical (unpaired) electrons. The lowest BCUT2D eigenvalue weighted by Crippen LogP contribution is -2.63. The molecule has 1 saturated carbocycles. The molecular weight excluding hydrogens is 356 g/mol. The molecule has 2 atom stereocenters. The Hall–Kier alpha value is -3.16. The Balaban J connectivity index is 1.63. The SMILES string of the molecule is C=CC(=O)N(C)[C@@H]1CC(Oc2nc(-c3cnn(C)c3)cn3nccc23)C1(C)C. The van der Waals surface area contributed by atoms with Gasteiger partial charge in [0, 0.05) is 43.7 Å². The summed E-state index contributed by atoms with van der Waals surface area (Å²) in [4.78, 5) is 18.4. The number of nitrogens with zero attached hydrogens (tertiary/aromatic N) is 6. The van der Waals surface area contributed by atoms with Crippen LogP contribution < -0.4 is 4.74 Å². The molecule has 0 N–H and O–H groups in total. The van der Waals surface area contributed by atoms with Crippen LogP contribution in [0.4, 0.5) is 0 Å². The van der Waals surface area contributed by atoms with Crippen molar-refractivity contribution in [3.05, 3.63) is 43.5 Å². The fourth-order valence-electron chi connectivity index (χ4n) is 3.83. The molecule has 3 aromatic heterocycles. The molecule has 0 saturated heterocycles. The monoisotopic (exact) mass is 380 g/mol. The van der Waals surface area contributed by atoms with Gasteiger partial charge in [0.25, 0.3) is 0 Å². The van der Waals surface area contributed by atoms with Gasteiger partial charge in [-0.25, -0.2) is 9.50 Å². The lowest BCUT2D eigenvalue weighted by atomic mass is 9.64. The van der Waals surface area contributed by atoms with Crippen LogP contribution in [0.5, 0.6) is 5.88 Å². The van der Waals surface area contributed by atoms with Crippen molar-refractivity contribution in [2.24, 2.45) is 12.5 Å². The Morgan fingerprint density at radius 2 is 2.18 bits per heavy atom. The summed E-state index contributed by atoms with van der Waals surface area (Å²) in [6.45, 7) is 7.79. The van der Waals surface area contributed by atoms with Crippen LogP contribution in [0.2, 0.25) is 0 Å². The largest absolute Gasteiger partial charge is 0.472 e. The van der Waals surface area contributed by atoms with Crippen molar-refractivity contribution in [2.45, 2.75) is 32.4 Å². The van der Waals surface area contributed by atoms with Gasteiger partial charge in [0.05, 0.1) is 24.3 Å². The Kier molecular flexibility index (Phi) is 4.21. The fourth-order valence-corrected chi connectivity index (χ4v) is 3.83. The molecular formula is C20H24N6O2. The van der Waals surface area contributed by atoms with Gasteiger partial charge in [-0.2, -0.15) is 10.2 Å². The van der Waals surface area contributed by atoms with Gasteiger partial charge in [-0.15, -0.1) is 0 Å². The van der Waals surface area contributed by atoms with Gasteiger partial charge in [0.2, 0.25) is 11.8 Å². The van der Waals surface area contributed by atoms with Gasteiger partial charge >= 0.3 is 0 Å². The van der Waals surface area contributed by atoms with E-state index in [-0.39, 0.29) is 23.5 Å². The highest BCUT2D eigenvalue weighted by Crippen LogP contribution is 2.46. The maximum atomic E-state index is 12.0. The van der Waals surface area contributed by atoms with Crippen molar-refractivity contribution < 1.29 is 9.53 Å². The van der Waals surface area contributed by atoms with Crippen LogP contribution in [-0.2, 0) is 11.8 Å². The van der Waals surface area contributed by atoms with E-state index in [1.165, 1.54) is 6.08 Å². The molecule has 0 bridgehead atoms. The highest BCUT2D eigenvalue weighted by molar-refractivity contribution is 5.87. The number of aromatic nitrogens is 5. The van der Waals surface area contributed by atoms with E-state index < -0.39 is 0 Å². The highest BCUT2D eigenvalue weighted by Gasteiger charge is 2.53. The molecule has 1 amide bonds. The van der Waals surface area contributed by atoms with E-state index in [0.29, 0.717) is 5.88 Å². The molecule has 8 nitrogen and oxygen atoms in total. The minimum Gasteiger partial charge on any atom is -0.472 e. The fraction of sp³-hybridized carbons (Fsp3) is 0.400. The van der Waals surface area contributed by atoms with Crippen LogP contribution in [0, 0.1) is 5.41 Å². The van der Waals surface area contributed by atoms with Crippen LogP contribution in [-0.4, -0.2) is 54.4 Å². The van der Waals surface area contributed by atoms with E-state index in [1.807, 2.05) is 32.6 Å². The number of rotatable bonds is 5. The average Bonchev–Trinajstić information content (AvgIpc) is 3.32. The number of fused-ring (bicyclic) bond motifs is 1. The van der Waals surface area contributed by atoms with Crippen molar-refractivity contribution in [3.8, 4) is 17.1 Å². The third-order valence-electron chi connectivity index (χ3n) is 5.73. The molecule has 0 spiro atoms. The second kappa shape index (κ2) is 6.47. The minimum absolute atomic E-state index is 0.0621. The highest BCUT2D eigenvalue weighted by atomic mass is 16.5. The number of hydrogen-bond acceptors (Lipinski definition) is 5. The molecule has 1 unspecified atom stereocenters. The zero-order valence-electron chi connectivity index (χ0n) is 16.5. The van der Waals surface area contributed by atoms with E-state index in [0.717, 1.165) is 23.2 Å². The van der Waals surface area contributed by atoms with Gasteiger partial charge in [-0.1, -0.05) is 20.4 Å². The quantitative estimate of drug-likeness (QED) is 0.635. The van der Waals surface area contributed by atoms with Crippen molar-refractivity contribution in [2.75, 3.05) is 7.05 Å². The third-order valence-corrected chi connectivity index (χ3v) is 5.73. The molecule has 1 aliphatic carbocycles. The molecule has 0 aromatic carbocycles. The van der Waals surface area contributed by atoms with Crippen LogP contribution in [0.15, 0.2) is 43.5 Å². The Bertz CT molecular complexity index is 1050. The Morgan fingerprint density at radius 3 is 2.82 bits per heavy atom. The van der Waals surface area contributed by atoms with E-state index in [1.54, 1.807) is 26.5 Å². The molecule has 8 heteroatoms. The third kappa shape index (κ3) is 2.85. The zero-order valence-corrected chi connectivity index (χ0v) is 16.5. The van der Waals surface area contributed by atoms with Crippen molar-refractivity contribution in [1.82, 2.24) is 29.3 Å². The molecule has 28 heavy (non-hydrogen) atoms. The topological polar surface area (TPSA) is 77.6 Å².